The molecule has 1 fully saturated rings. The van der Waals surface area contributed by atoms with E-state index in [-0.39, 0.29) is 30.3 Å². The van der Waals surface area contributed by atoms with E-state index >= 15 is 0 Å². The van der Waals surface area contributed by atoms with Crippen molar-refractivity contribution < 1.29 is 9.32 Å². The molecule has 1 aromatic heterocycles. The van der Waals surface area contributed by atoms with Gasteiger partial charge >= 0.3 is 0 Å². The number of likely N-dealkylation sites (tertiary alicyclic amines) is 1. The second-order valence-corrected chi connectivity index (χ2v) is 6.32. The van der Waals surface area contributed by atoms with E-state index in [1.807, 2.05) is 18.2 Å². The Kier molecular flexibility index (Phi) is 6.02. The topological polar surface area (TPSA) is 72.4 Å². The van der Waals surface area contributed by atoms with Crippen LogP contribution in [0.25, 0.3) is 0 Å². The fourth-order valence-corrected chi connectivity index (χ4v) is 3.03. The first kappa shape index (κ1) is 18.5. The number of rotatable bonds is 4. The van der Waals surface area contributed by atoms with Crippen molar-refractivity contribution in [3.05, 3.63) is 53.4 Å². The Bertz CT molecular complexity index is 674. The number of benzene rings is 1. The van der Waals surface area contributed by atoms with Gasteiger partial charge < -0.3 is 15.2 Å². The van der Waals surface area contributed by atoms with Crippen molar-refractivity contribution in [2.45, 2.75) is 38.1 Å². The number of hydrogen-bond acceptors (Lipinski definition) is 4. The molecular formula is C18H24ClN3O2. The summed E-state index contributed by atoms with van der Waals surface area (Å²) < 4.78 is 5.26. The van der Waals surface area contributed by atoms with Crippen LogP contribution < -0.4 is 5.73 Å². The number of carbonyl (C=O) groups excluding carboxylic acids is 1. The SMILES string of the molecule is CCC(C)c1cc(C(=O)N2C[C@@H](N)[C@H](c3ccccc3)C2)on1.Cl. The second kappa shape index (κ2) is 7.81. The largest absolute Gasteiger partial charge is 0.351 e. The number of aromatic nitrogens is 1. The van der Waals surface area contributed by atoms with E-state index in [4.69, 9.17) is 10.3 Å². The van der Waals surface area contributed by atoms with E-state index in [0.717, 1.165) is 12.1 Å². The summed E-state index contributed by atoms with van der Waals surface area (Å²) in [4.78, 5) is 14.4. The molecule has 0 aliphatic carbocycles. The predicted octanol–water partition coefficient (Wildman–Crippen LogP) is 3.18. The van der Waals surface area contributed by atoms with Crippen LogP contribution in [0.5, 0.6) is 0 Å². The molecule has 3 rings (SSSR count). The van der Waals surface area contributed by atoms with Crippen molar-refractivity contribution in [3.8, 4) is 0 Å². The molecule has 0 spiro atoms. The van der Waals surface area contributed by atoms with Gasteiger partial charge in [-0.05, 0) is 12.0 Å². The van der Waals surface area contributed by atoms with Crippen molar-refractivity contribution in [1.82, 2.24) is 10.1 Å². The van der Waals surface area contributed by atoms with Gasteiger partial charge in [0.05, 0.1) is 5.69 Å². The highest BCUT2D eigenvalue weighted by molar-refractivity contribution is 5.91. The van der Waals surface area contributed by atoms with E-state index < -0.39 is 0 Å². The first-order chi connectivity index (χ1) is 11.1. The quantitative estimate of drug-likeness (QED) is 0.920. The zero-order valence-corrected chi connectivity index (χ0v) is 14.8. The molecule has 1 aliphatic rings. The van der Waals surface area contributed by atoms with E-state index in [2.05, 4.69) is 31.1 Å². The summed E-state index contributed by atoms with van der Waals surface area (Å²) in [6, 6.07) is 11.8. The van der Waals surface area contributed by atoms with Gasteiger partial charge in [0.15, 0.2) is 0 Å². The van der Waals surface area contributed by atoms with Crippen LogP contribution in [0, 0.1) is 0 Å². The Morgan fingerprint density at radius 1 is 1.38 bits per heavy atom. The zero-order valence-electron chi connectivity index (χ0n) is 14.0. The van der Waals surface area contributed by atoms with Gasteiger partial charge in [-0.25, -0.2) is 0 Å². The van der Waals surface area contributed by atoms with E-state index in [9.17, 15) is 4.79 Å². The van der Waals surface area contributed by atoms with Gasteiger partial charge in [0.1, 0.15) is 0 Å². The molecule has 0 saturated carbocycles. The van der Waals surface area contributed by atoms with Crippen LogP contribution in [0.3, 0.4) is 0 Å². The standard InChI is InChI=1S/C18H23N3O2.ClH/c1-3-12(2)16-9-17(23-20-16)18(22)21-10-14(15(19)11-21)13-7-5-4-6-8-13;/h4-9,12,14-15H,3,10-11,19H2,1-2H3;1H/t12?,14-,15+;/m0./s1. The van der Waals surface area contributed by atoms with Crippen LogP contribution in [-0.2, 0) is 0 Å². The Balaban J connectivity index is 0.00000208. The smallest absolute Gasteiger partial charge is 0.292 e. The third kappa shape index (κ3) is 3.62. The molecule has 0 bridgehead atoms. The number of nitrogens with zero attached hydrogens (tertiary/aromatic N) is 2. The molecular weight excluding hydrogens is 326 g/mol. The second-order valence-electron chi connectivity index (χ2n) is 6.32. The fraction of sp³-hybridized carbons (Fsp3) is 0.444. The Morgan fingerprint density at radius 3 is 2.75 bits per heavy atom. The van der Waals surface area contributed by atoms with Gasteiger partial charge in [-0.3, -0.25) is 4.79 Å². The van der Waals surface area contributed by atoms with Gasteiger partial charge in [-0.2, -0.15) is 0 Å². The fourth-order valence-electron chi connectivity index (χ4n) is 3.03. The minimum absolute atomic E-state index is 0. The summed E-state index contributed by atoms with van der Waals surface area (Å²) in [5, 5.41) is 4.02. The lowest BCUT2D eigenvalue weighted by Crippen LogP contribution is -2.32. The van der Waals surface area contributed by atoms with Crippen molar-refractivity contribution in [1.29, 1.82) is 0 Å². The maximum absolute atomic E-state index is 12.6. The summed E-state index contributed by atoms with van der Waals surface area (Å²) in [7, 11) is 0. The summed E-state index contributed by atoms with van der Waals surface area (Å²) in [5.41, 5.74) is 8.26. The molecule has 2 aromatic rings. The monoisotopic (exact) mass is 349 g/mol. The zero-order chi connectivity index (χ0) is 16.4. The highest BCUT2D eigenvalue weighted by Gasteiger charge is 2.35. The van der Waals surface area contributed by atoms with E-state index in [1.54, 1.807) is 11.0 Å². The molecule has 1 amide bonds. The molecule has 5 nitrogen and oxygen atoms in total. The molecule has 3 atom stereocenters. The summed E-state index contributed by atoms with van der Waals surface area (Å²) in [6.45, 7) is 5.31. The number of carbonyl (C=O) groups is 1. The molecule has 2 heterocycles. The molecule has 24 heavy (non-hydrogen) atoms. The highest BCUT2D eigenvalue weighted by atomic mass is 35.5. The lowest BCUT2D eigenvalue weighted by molar-refractivity contribution is 0.0747. The Hall–Kier alpha value is -1.85. The molecule has 6 heteroatoms. The van der Waals surface area contributed by atoms with Gasteiger partial charge in [-0.1, -0.05) is 49.3 Å². The van der Waals surface area contributed by atoms with Crippen molar-refractivity contribution in [2.75, 3.05) is 13.1 Å². The minimum Gasteiger partial charge on any atom is -0.351 e. The van der Waals surface area contributed by atoms with Gasteiger partial charge in [0, 0.05) is 37.0 Å². The van der Waals surface area contributed by atoms with Crippen LogP contribution in [-0.4, -0.2) is 35.1 Å². The lowest BCUT2D eigenvalue weighted by Gasteiger charge is -2.14. The average Bonchev–Trinajstić information content (AvgIpc) is 3.21. The maximum atomic E-state index is 12.6. The van der Waals surface area contributed by atoms with Crippen LogP contribution in [0.2, 0.25) is 0 Å². The van der Waals surface area contributed by atoms with Gasteiger partial charge in [-0.15, -0.1) is 12.4 Å². The Labute approximate surface area is 148 Å². The number of hydrogen-bond donors (Lipinski definition) is 1. The van der Waals surface area contributed by atoms with Crippen LogP contribution >= 0.6 is 12.4 Å². The molecule has 1 saturated heterocycles. The van der Waals surface area contributed by atoms with Gasteiger partial charge in [0.25, 0.3) is 5.91 Å². The third-order valence-electron chi connectivity index (χ3n) is 4.74. The molecule has 2 N–H and O–H groups in total. The van der Waals surface area contributed by atoms with Gasteiger partial charge in [0.2, 0.25) is 5.76 Å². The molecule has 130 valence electrons. The number of amides is 1. The van der Waals surface area contributed by atoms with Crippen molar-refractivity contribution >= 4 is 18.3 Å². The van der Waals surface area contributed by atoms with Crippen molar-refractivity contribution in [2.24, 2.45) is 5.73 Å². The summed E-state index contributed by atoms with van der Waals surface area (Å²) in [6.07, 6.45) is 0.963. The maximum Gasteiger partial charge on any atom is 0.292 e. The third-order valence-corrected chi connectivity index (χ3v) is 4.74. The van der Waals surface area contributed by atoms with Crippen LogP contribution in [0.15, 0.2) is 40.9 Å². The molecule has 1 aromatic carbocycles. The number of nitrogens with two attached hydrogens (primary N) is 1. The average molecular weight is 350 g/mol. The summed E-state index contributed by atoms with van der Waals surface area (Å²) in [5.74, 6) is 0.637. The molecule has 1 aliphatic heterocycles. The molecule has 1 unspecified atom stereocenters. The first-order valence-electron chi connectivity index (χ1n) is 8.16. The van der Waals surface area contributed by atoms with Crippen LogP contribution in [0.4, 0.5) is 0 Å². The van der Waals surface area contributed by atoms with Crippen LogP contribution in [0.1, 0.15) is 53.9 Å². The first-order valence-corrected chi connectivity index (χ1v) is 8.16. The number of halogens is 1. The highest BCUT2D eigenvalue weighted by Crippen LogP contribution is 2.28. The van der Waals surface area contributed by atoms with E-state index in [1.165, 1.54) is 5.56 Å². The predicted molar refractivity (Wildman–Crippen MR) is 95.5 cm³/mol. The normalized spacial score (nSPS) is 21.4. The lowest BCUT2D eigenvalue weighted by atomic mass is 9.95. The Morgan fingerprint density at radius 2 is 2.08 bits per heavy atom. The van der Waals surface area contributed by atoms with E-state index in [0.29, 0.717) is 24.8 Å². The minimum atomic E-state index is -0.124. The summed E-state index contributed by atoms with van der Waals surface area (Å²) >= 11 is 0. The van der Waals surface area contributed by atoms with Crippen molar-refractivity contribution in [3.63, 3.8) is 0 Å². The molecule has 0 radical (unpaired) electrons.